The molecule has 3 aromatic rings. The highest BCUT2D eigenvalue weighted by Crippen LogP contribution is 2.32. The van der Waals surface area contributed by atoms with E-state index in [1.165, 1.54) is 12.4 Å². The van der Waals surface area contributed by atoms with Gasteiger partial charge in [-0.2, -0.15) is 23.3 Å². The predicted molar refractivity (Wildman–Crippen MR) is 93.0 cm³/mol. The van der Waals surface area contributed by atoms with E-state index in [9.17, 15) is 18.0 Å². The molecular formula is C18H18F3N5O2. The van der Waals surface area contributed by atoms with E-state index in [1.807, 2.05) is 13.8 Å². The molecule has 0 radical (unpaired) electrons. The second-order valence-electron chi connectivity index (χ2n) is 6.23. The average Bonchev–Trinajstić information content (AvgIpc) is 3.38. The Morgan fingerprint density at radius 1 is 1.18 bits per heavy atom. The maximum atomic E-state index is 12.6. The fourth-order valence-corrected chi connectivity index (χ4v) is 2.97. The van der Waals surface area contributed by atoms with Crippen LogP contribution in [0.3, 0.4) is 0 Å². The molecule has 0 saturated carbocycles. The molecule has 0 aliphatic carbocycles. The van der Waals surface area contributed by atoms with Crippen molar-refractivity contribution in [1.29, 1.82) is 0 Å². The molecule has 0 spiro atoms. The number of amides is 1. The SMILES string of the molecule is CCC(CC)(NC(=O)c1cn[nH]c1)c1ccc(-c2noc(C(F)(F)F)n2)cc1. The van der Waals surface area contributed by atoms with Crippen LogP contribution >= 0.6 is 0 Å². The summed E-state index contributed by atoms with van der Waals surface area (Å²) in [5, 5.41) is 12.8. The Hall–Kier alpha value is -3.17. The minimum atomic E-state index is -4.69. The van der Waals surface area contributed by atoms with Gasteiger partial charge < -0.3 is 9.84 Å². The Labute approximate surface area is 158 Å². The van der Waals surface area contributed by atoms with Crippen LogP contribution in [0.5, 0.6) is 0 Å². The van der Waals surface area contributed by atoms with Crippen molar-refractivity contribution in [2.45, 2.75) is 38.4 Å². The monoisotopic (exact) mass is 393 g/mol. The van der Waals surface area contributed by atoms with Gasteiger partial charge in [0.2, 0.25) is 5.82 Å². The van der Waals surface area contributed by atoms with Gasteiger partial charge in [-0.15, -0.1) is 0 Å². The second-order valence-corrected chi connectivity index (χ2v) is 6.23. The third-order valence-corrected chi connectivity index (χ3v) is 4.68. The molecule has 2 aromatic heterocycles. The summed E-state index contributed by atoms with van der Waals surface area (Å²) in [6.07, 6.45) is -0.520. The maximum Gasteiger partial charge on any atom is 0.471 e. The number of benzene rings is 1. The van der Waals surface area contributed by atoms with Crippen LogP contribution in [0.15, 0.2) is 41.2 Å². The summed E-state index contributed by atoms with van der Waals surface area (Å²) in [4.78, 5) is 15.9. The van der Waals surface area contributed by atoms with Gasteiger partial charge in [0, 0.05) is 11.8 Å². The van der Waals surface area contributed by atoms with Gasteiger partial charge in [-0.3, -0.25) is 9.89 Å². The summed E-state index contributed by atoms with van der Waals surface area (Å²) >= 11 is 0. The minimum absolute atomic E-state index is 0.153. The van der Waals surface area contributed by atoms with Gasteiger partial charge in [0.05, 0.1) is 17.3 Å². The van der Waals surface area contributed by atoms with Crippen molar-refractivity contribution < 1.29 is 22.5 Å². The number of aromatic amines is 1. The van der Waals surface area contributed by atoms with Gasteiger partial charge in [0.15, 0.2) is 0 Å². The topological polar surface area (TPSA) is 96.7 Å². The zero-order chi connectivity index (χ0) is 20.4. The number of H-pyrrole nitrogens is 1. The molecule has 1 amide bonds. The lowest BCUT2D eigenvalue weighted by molar-refractivity contribution is -0.159. The van der Waals surface area contributed by atoms with Crippen molar-refractivity contribution in [2.24, 2.45) is 0 Å². The Bertz CT molecular complexity index is 929. The van der Waals surface area contributed by atoms with Crippen molar-refractivity contribution in [3.8, 4) is 11.4 Å². The molecule has 0 fully saturated rings. The Morgan fingerprint density at radius 3 is 2.36 bits per heavy atom. The Morgan fingerprint density at radius 2 is 1.86 bits per heavy atom. The van der Waals surface area contributed by atoms with E-state index in [-0.39, 0.29) is 11.7 Å². The Balaban J connectivity index is 1.86. The van der Waals surface area contributed by atoms with Gasteiger partial charge in [-0.05, 0) is 18.4 Å². The molecule has 1 aromatic carbocycles. The van der Waals surface area contributed by atoms with Crippen LogP contribution < -0.4 is 5.32 Å². The first-order chi connectivity index (χ1) is 13.3. The van der Waals surface area contributed by atoms with E-state index in [1.54, 1.807) is 24.3 Å². The van der Waals surface area contributed by atoms with Crippen molar-refractivity contribution in [3.05, 3.63) is 53.7 Å². The van der Waals surface area contributed by atoms with Crippen LogP contribution in [0.2, 0.25) is 0 Å². The van der Waals surface area contributed by atoms with E-state index in [0.717, 1.165) is 5.56 Å². The lowest BCUT2D eigenvalue weighted by atomic mass is 9.84. The smallest absolute Gasteiger partial charge is 0.342 e. The molecule has 28 heavy (non-hydrogen) atoms. The summed E-state index contributed by atoms with van der Waals surface area (Å²) in [5.74, 6) is -1.81. The van der Waals surface area contributed by atoms with Gasteiger partial charge in [-0.25, -0.2) is 0 Å². The Kier molecular flexibility index (Phi) is 5.21. The highest BCUT2D eigenvalue weighted by molar-refractivity contribution is 5.94. The normalized spacial score (nSPS) is 12.2. The van der Waals surface area contributed by atoms with Crippen LogP contribution in [0, 0.1) is 0 Å². The van der Waals surface area contributed by atoms with E-state index in [0.29, 0.717) is 24.0 Å². The van der Waals surface area contributed by atoms with E-state index < -0.39 is 17.6 Å². The third kappa shape index (κ3) is 3.75. The average molecular weight is 393 g/mol. The summed E-state index contributed by atoms with van der Waals surface area (Å²) in [7, 11) is 0. The molecule has 2 N–H and O–H groups in total. The van der Waals surface area contributed by atoms with Crippen LogP contribution in [-0.2, 0) is 11.7 Å². The van der Waals surface area contributed by atoms with E-state index in [4.69, 9.17) is 0 Å². The van der Waals surface area contributed by atoms with Crippen LogP contribution in [0.1, 0.15) is 48.5 Å². The number of hydrogen-bond donors (Lipinski definition) is 2. The molecule has 0 saturated heterocycles. The molecule has 0 atom stereocenters. The molecule has 10 heteroatoms. The summed E-state index contributed by atoms with van der Waals surface area (Å²) in [6.45, 7) is 3.89. The number of alkyl halides is 3. The molecule has 7 nitrogen and oxygen atoms in total. The van der Waals surface area contributed by atoms with E-state index >= 15 is 0 Å². The van der Waals surface area contributed by atoms with Crippen molar-refractivity contribution in [3.63, 3.8) is 0 Å². The van der Waals surface area contributed by atoms with Crippen molar-refractivity contribution >= 4 is 5.91 Å². The quantitative estimate of drug-likeness (QED) is 0.662. The van der Waals surface area contributed by atoms with Crippen molar-refractivity contribution in [1.82, 2.24) is 25.7 Å². The zero-order valence-corrected chi connectivity index (χ0v) is 15.2. The summed E-state index contributed by atoms with van der Waals surface area (Å²) < 4.78 is 42.1. The fraction of sp³-hybridized carbons (Fsp3) is 0.333. The number of nitrogens with one attached hydrogen (secondary N) is 2. The maximum absolute atomic E-state index is 12.6. The lowest BCUT2D eigenvalue weighted by Gasteiger charge is -2.33. The summed E-state index contributed by atoms with van der Waals surface area (Å²) in [5.41, 5.74) is 0.971. The molecule has 0 aliphatic rings. The van der Waals surface area contributed by atoms with Crippen LogP contribution in [0.25, 0.3) is 11.4 Å². The first kappa shape index (κ1) is 19.6. The third-order valence-electron chi connectivity index (χ3n) is 4.68. The highest BCUT2D eigenvalue weighted by Gasteiger charge is 2.38. The van der Waals surface area contributed by atoms with Gasteiger partial charge >= 0.3 is 12.1 Å². The van der Waals surface area contributed by atoms with Gasteiger partial charge in [0.1, 0.15) is 0 Å². The number of rotatable bonds is 6. The van der Waals surface area contributed by atoms with Crippen LogP contribution in [0.4, 0.5) is 13.2 Å². The first-order valence-corrected chi connectivity index (χ1v) is 8.62. The number of carbonyl (C=O) groups excluding carboxylic acids is 1. The fourth-order valence-electron chi connectivity index (χ4n) is 2.97. The van der Waals surface area contributed by atoms with Gasteiger partial charge in [0.25, 0.3) is 5.91 Å². The molecule has 2 heterocycles. The number of aromatic nitrogens is 4. The van der Waals surface area contributed by atoms with Crippen molar-refractivity contribution in [2.75, 3.05) is 0 Å². The summed E-state index contributed by atoms with van der Waals surface area (Å²) in [6, 6.07) is 6.68. The van der Waals surface area contributed by atoms with Gasteiger partial charge in [-0.1, -0.05) is 43.3 Å². The largest absolute Gasteiger partial charge is 0.471 e. The molecule has 148 valence electrons. The van der Waals surface area contributed by atoms with E-state index in [2.05, 4.69) is 30.2 Å². The number of nitrogens with zero attached hydrogens (tertiary/aromatic N) is 3. The molecule has 3 rings (SSSR count). The molecule has 0 aliphatic heterocycles. The van der Waals surface area contributed by atoms with Crippen LogP contribution in [-0.4, -0.2) is 26.2 Å². The zero-order valence-electron chi connectivity index (χ0n) is 15.2. The molecule has 0 unspecified atom stereocenters. The lowest BCUT2D eigenvalue weighted by Crippen LogP contribution is -2.45. The number of carbonyl (C=O) groups is 1. The molecular weight excluding hydrogens is 375 g/mol. The minimum Gasteiger partial charge on any atom is -0.342 e. The highest BCUT2D eigenvalue weighted by atomic mass is 19.4. The predicted octanol–water partition coefficient (Wildman–Crippen LogP) is 3.92. The number of halogens is 3. The molecule has 0 bridgehead atoms. The first-order valence-electron chi connectivity index (χ1n) is 8.62. The number of hydrogen-bond acceptors (Lipinski definition) is 5. The second kappa shape index (κ2) is 7.45. The standard InChI is InChI=1S/C18H18F3N5O2/c1-3-17(4-2,25-15(27)12-9-22-23-10-12)13-7-5-11(6-8-13)14-24-16(28-26-14)18(19,20)21/h5-10H,3-4H2,1-2H3,(H,22,23)(H,25,27).